The first-order valence-electron chi connectivity index (χ1n) is 3.23. The number of carbonyl (C=O) groups excluding carboxylic acids is 1. The summed E-state index contributed by atoms with van der Waals surface area (Å²) in [6, 6.07) is 0. The van der Waals surface area contributed by atoms with Gasteiger partial charge in [0.25, 0.3) is 0 Å². The quantitative estimate of drug-likeness (QED) is 0.461. The average Bonchev–Trinajstić information content (AvgIpc) is 2.35. The molecule has 50 valence electrons. The minimum atomic E-state index is 0.171. The van der Waals surface area contributed by atoms with Crippen molar-refractivity contribution in [2.75, 3.05) is 19.7 Å². The molecule has 2 fully saturated rings. The molecular formula is C6H9NO2. The lowest BCUT2D eigenvalue weighted by atomic mass is 10.1. The van der Waals surface area contributed by atoms with Crippen LogP contribution in [-0.2, 0) is 9.53 Å². The monoisotopic (exact) mass is 127 g/mol. The maximum absolute atomic E-state index is 10.9. The van der Waals surface area contributed by atoms with Crippen LogP contribution in [0.2, 0.25) is 0 Å². The molecule has 0 aliphatic carbocycles. The van der Waals surface area contributed by atoms with E-state index in [2.05, 4.69) is 5.32 Å². The highest BCUT2D eigenvalue weighted by Gasteiger charge is 2.38. The van der Waals surface area contributed by atoms with Crippen LogP contribution in [0.1, 0.15) is 0 Å². The number of carbonyl (C=O) groups is 1. The molecule has 0 aromatic rings. The Morgan fingerprint density at radius 2 is 2.44 bits per heavy atom. The van der Waals surface area contributed by atoms with Gasteiger partial charge >= 0.3 is 0 Å². The van der Waals surface area contributed by atoms with Crippen LogP contribution in [0.3, 0.4) is 0 Å². The first-order valence-corrected chi connectivity index (χ1v) is 3.23. The first-order chi connectivity index (χ1) is 4.38. The summed E-state index contributed by atoms with van der Waals surface area (Å²) in [6.07, 6.45) is 0.192. The van der Waals surface area contributed by atoms with Gasteiger partial charge in [-0.15, -0.1) is 0 Å². The van der Waals surface area contributed by atoms with Gasteiger partial charge in [-0.25, -0.2) is 0 Å². The SMILES string of the molecule is O=C1COC2CNCC12. The lowest BCUT2D eigenvalue weighted by Crippen LogP contribution is -2.17. The predicted molar refractivity (Wildman–Crippen MR) is 31.1 cm³/mol. The largest absolute Gasteiger partial charge is 0.368 e. The summed E-state index contributed by atoms with van der Waals surface area (Å²) < 4.78 is 5.18. The topological polar surface area (TPSA) is 38.3 Å². The zero-order valence-electron chi connectivity index (χ0n) is 5.09. The molecule has 3 heteroatoms. The fraction of sp³-hybridized carbons (Fsp3) is 0.833. The summed E-state index contributed by atoms with van der Waals surface area (Å²) >= 11 is 0. The third-order valence-electron chi connectivity index (χ3n) is 2.01. The normalized spacial score (nSPS) is 41.6. The van der Waals surface area contributed by atoms with Crippen LogP contribution in [-0.4, -0.2) is 31.6 Å². The van der Waals surface area contributed by atoms with Gasteiger partial charge < -0.3 is 10.1 Å². The van der Waals surface area contributed by atoms with E-state index in [-0.39, 0.29) is 17.8 Å². The molecule has 2 atom stereocenters. The molecule has 0 saturated carbocycles. The van der Waals surface area contributed by atoms with E-state index in [1.54, 1.807) is 0 Å². The molecular weight excluding hydrogens is 118 g/mol. The highest BCUT2D eigenvalue weighted by molar-refractivity contribution is 5.85. The van der Waals surface area contributed by atoms with E-state index in [0.717, 1.165) is 13.1 Å². The Balaban J connectivity index is 2.15. The molecule has 2 aliphatic rings. The second-order valence-corrected chi connectivity index (χ2v) is 2.58. The Morgan fingerprint density at radius 1 is 1.56 bits per heavy atom. The van der Waals surface area contributed by atoms with Crippen molar-refractivity contribution in [1.29, 1.82) is 0 Å². The molecule has 0 radical (unpaired) electrons. The highest BCUT2D eigenvalue weighted by Crippen LogP contribution is 2.20. The van der Waals surface area contributed by atoms with Crippen LogP contribution < -0.4 is 5.32 Å². The molecule has 3 nitrogen and oxygen atoms in total. The van der Waals surface area contributed by atoms with Crippen LogP contribution in [0.15, 0.2) is 0 Å². The number of rotatable bonds is 0. The van der Waals surface area contributed by atoms with E-state index >= 15 is 0 Å². The average molecular weight is 127 g/mol. The Morgan fingerprint density at radius 3 is 3.22 bits per heavy atom. The van der Waals surface area contributed by atoms with Gasteiger partial charge in [0.2, 0.25) is 0 Å². The van der Waals surface area contributed by atoms with Gasteiger partial charge in [-0.05, 0) is 0 Å². The standard InChI is InChI=1S/C6H9NO2/c8-5-3-9-6-2-7-1-4(5)6/h4,6-7H,1-3H2. The van der Waals surface area contributed by atoms with Crippen molar-refractivity contribution in [2.24, 2.45) is 5.92 Å². The molecule has 0 amide bonds. The number of hydrogen-bond acceptors (Lipinski definition) is 3. The second-order valence-electron chi connectivity index (χ2n) is 2.58. The van der Waals surface area contributed by atoms with E-state index in [9.17, 15) is 4.79 Å². The van der Waals surface area contributed by atoms with Crippen molar-refractivity contribution in [2.45, 2.75) is 6.10 Å². The fourth-order valence-electron chi connectivity index (χ4n) is 1.45. The molecule has 2 rings (SSSR count). The van der Waals surface area contributed by atoms with Gasteiger partial charge in [0.1, 0.15) is 6.61 Å². The number of ketones is 1. The third-order valence-corrected chi connectivity index (χ3v) is 2.01. The summed E-state index contributed by atoms with van der Waals surface area (Å²) in [5.41, 5.74) is 0. The molecule has 0 spiro atoms. The van der Waals surface area contributed by atoms with Crippen LogP contribution in [0, 0.1) is 5.92 Å². The minimum Gasteiger partial charge on any atom is -0.368 e. The molecule has 2 saturated heterocycles. The van der Waals surface area contributed by atoms with Crippen LogP contribution >= 0.6 is 0 Å². The molecule has 2 heterocycles. The lowest BCUT2D eigenvalue weighted by Gasteiger charge is -2.01. The van der Waals surface area contributed by atoms with Crippen molar-refractivity contribution in [1.82, 2.24) is 5.32 Å². The molecule has 0 aromatic heterocycles. The van der Waals surface area contributed by atoms with E-state index in [1.807, 2.05) is 0 Å². The predicted octanol–water partition coefficient (Wildman–Crippen LogP) is -0.826. The van der Waals surface area contributed by atoms with Crippen LogP contribution in [0.4, 0.5) is 0 Å². The van der Waals surface area contributed by atoms with Gasteiger partial charge in [-0.2, -0.15) is 0 Å². The van der Waals surface area contributed by atoms with Gasteiger partial charge in [0.05, 0.1) is 12.0 Å². The molecule has 0 aromatic carbocycles. The maximum atomic E-state index is 10.9. The van der Waals surface area contributed by atoms with E-state index in [4.69, 9.17) is 4.74 Å². The zero-order valence-corrected chi connectivity index (χ0v) is 5.09. The Kier molecular flexibility index (Phi) is 1.07. The first kappa shape index (κ1) is 5.38. The highest BCUT2D eigenvalue weighted by atomic mass is 16.5. The molecule has 9 heavy (non-hydrogen) atoms. The van der Waals surface area contributed by atoms with E-state index < -0.39 is 0 Å². The smallest absolute Gasteiger partial charge is 0.165 e. The second kappa shape index (κ2) is 1.78. The number of hydrogen-bond donors (Lipinski definition) is 1. The zero-order chi connectivity index (χ0) is 6.27. The number of Topliss-reactive ketones (excluding diaryl/α,β-unsaturated/α-hetero) is 1. The Hall–Kier alpha value is -0.410. The van der Waals surface area contributed by atoms with Crippen molar-refractivity contribution in [3.8, 4) is 0 Å². The van der Waals surface area contributed by atoms with Gasteiger partial charge in [0, 0.05) is 13.1 Å². The van der Waals surface area contributed by atoms with Crippen molar-refractivity contribution < 1.29 is 9.53 Å². The van der Waals surface area contributed by atoms with Crippen molar-refractivity contribution >= 4 is 5.78 Å². The molecule has 2 aliphatic heterocycles. The van der Waals surface area contributed by atoms with Crippen LogP contribution in [0.25, 0.3) is 0 Å². The van der Waals surface area contributed by atoms with Gasteiger partial charge in [0.15, 0.2) is 5.78 Å². The summed E-state index contributed by atoms with van der Waals surface area (Å²) in [5, 5.41) is 3.11. The number of nitrogens with one attached hydrogen (secondary N) is 1. The molecule has 1 N–H and O–H groups in total. The van der Waals surface area contributed by atoms with Crippen molar-refractivity contribution in [3.05, 3.63) is 0 Å². The maximum Gasteiger partial charge on any atom is 0.165 e. The third kappa shape index (κ3) is 0.686. The lowest BCUT2D eigenvalue weighted by molar-refractivity contribution is -0.120. The van der Waals surface area contributed by atoms with Crippen molar-refractivity contribution in [3.63, 3.8) is 0 Å². The summed E-state index contributed by atoms with van der Waals surface area (Å²) in [4.78, 5) is 10.9. The summed E-state index contributed by atoms with van der Waals surface area (Å²) in [5.74, 6) is 0.440. The van der Waals surface area contributed by atoms with Gasteiger partial charge in [-0.1, -0.05) is 0 Å². The summed E-state index contributed by atoms with van der Waals surface area (Å²) in [6.45, 7) is 2.02. The molecule has 0 bridgehead atoms. The summed E-state index contributed by atoms with van der Waals surface area (Å²) in [7, 11) is 0. The minimum absolute atomic E-state index is 0.171. The van der Waals surface area contributed by atoms with Gasteiger partial charge in [-0.3, -0.25) is 4.79 Å². The molecule has 2 unspecified atom stereocenters. The van der Waals surface area contributed by atoms with Crippen LogP contribution in [0.5, 0.6) is 0 Å². The van der Waals surface area contributed by atoms with E-state index in [1.165, 1.54) is 0 Å². The number of ether oxygens (including phenoxy) is 1. The fourth-order valence-corrected chi connectivity index (χ4v) is 1.45. The Bertz CT molecular complexity index is 146. The van der Waals surface area contributed by atoms with E-state index in [0.29, 0.717) is 6.61 Å². The Labute approximate surface area is 53.4 Å². The number of fused-ring (bicyclic) bond motifs is 1.